The number of nitrogens with zero attached hydrogens (tertiary/aromatic N) is 3. The first kappa shape index (κ1) is 15.2. The lowest BCUT2D eigenvalue weighted by Crippen LogP contribution is -2.42. The van der Waals surface area contributed by atoms with E-state index in [2.05, 4.69) is 5.10 Å². The predicted molar refractivity (Wildman–Crippen MR) is 80.5 cm³/mol. The van der Waals surface area contributed by atoms with E-state index >= 15 is 0 Å². The molecule has 6 heteroatoms. The molecule has 22 heavy (non-hydrogen) atoms. The highest BCUT2D eigenvalue weighted by Gasteiger charge is 2.37. The molecule has 0 N–H and O–H groups in total. The first-order valence-electron chi connectivity index (χ1n) is 8.02. The molecule has 0 saturated carbocycles. The summed E-state index contributed by atoms with van der Waals surface area (Å²) < 4.78 is 7.31. The van der Waals surface area contributed by atoms with Crippen LogP contribution < -0.4 is 0 Å². The quantitative estimate of drug-likeness (QED) is 0.792. The molecule has 0 radical (unpaired) electrons. The lowest BCUT2D eigenvalue weighted by atomic mass is 10.0. The van der Waals surface area contributed by atoms with Gasteiger partial charge in [-0.1, -0.05) is 0 Å². The van der Waals surface area contributed by atoms with Gasteiger partial charge in [0.2, 0.25) is 0 Å². The topological polar surface area (TPSA) is 64.4 Å². The van der Waals surface area contributed by atoms with Crippen LogP contribution in [0.15, 0.2) is 12.4 Å². The monoisotopic (exact) mass is 305 g/mol. The Bertz CT molecular complexity index is 569. The van der Waals surface area contributed by atoms with Crippen LogP contribution in [0.5, 0.6) is 0 Å². The highest BCUT2D eigenvalue weighted by atomic mass is 16.5. The summed E-state index contributed by atoms with van der Waals surface area (Å²) >= 11 is 0. The van der Waals surface area contributed by atoms with Gasteiger partial charge in [-0.05, 0) is 32.6 Å². The molecule has 0 spiro atoms. The Kier molecular flexibility index (Phi) is 4.29. The second kappa shape index (κ2) is 6.20. The third-order valence-electron chi connectivity index (χ3n) is 4.62. The van der Waals surface area contributed by atoms with E-state index in [0.29, 0.717) is 12.0 Å². The molecular formula is C16H23N3O3. The van der Waals surface area contributed by atoms with Gasteiger partial charge < -0.3 is 9.64 Å². The zero-order valence-corrected chi connectivity index (χ0v) is 13.2. The van der Waals surface area contributed by atoms with E-state index < -0.39 is 0 Å². The predicted octanol–water partition coefficient (Wildman–Crippen LogP) is 1.55. The molecule has 1 amide bonds. The molecule has 3 rings (SSSR count). The smallest absolute Gasteiger partial charge is 0.251 e. The fourth-order valence-electron chi connectivity index (χ4n) is 3.40. The molecule has 3 unspecified atom stereocenters. The first-order valence-corrected chi connectivity index (χ1v) is 8.02. The number of hydrogen-bond donors (Lipinski definition) is 0. The molecule has 2 aliphatic rings. The SMILES string of the molecule is CC1CCC(C(=O)N2CCCC2CC(=O)c2cnn(C)c2)O1. The summed E-state index contributed by atoms with van der Waals surface area (Å²) in [7, 11) is 1.79. The van der Waals surface area contributed by atoms with Crippen LogP contribution in [0.4, 0.5) is 0 Å². The minimum atomic E-state index is -0.316. The minimum Gasteiger partial charge on any atom is -0.365 e. The summed E-state index contributed by atoms with van der Waals surface area (Å²) in [5.41, 5.74) is 0.618. The summed E-state index contributed by atoms with van der Waals surface area (Å²) in [6.45, 7) is 2.73. The number of carbonyl (C=O) groups excluding carboxylic acids is 2. The Labute approximate surface area is 130 Å². The van der Waals surface area contributed by atoms with Crippen LogP contribution >= 0.6 is 0 Å². The minimum absolute atomic E-state index is 0.000266. The van der Waals surface area contributed by atoms with Crippen LogP contribution in [0, 0.1) is 0 Å². The molecule has 2 aliphatic heterocycles. The highest BCUT2D eigenvalue weighted by Crippen LogP contribution is 2.27. The van der Waals surface area contributed by atoms with E-state index in [1.54, 1.807) is 24.1 Å². The lowest BCUT2D eigenvalue weighted by Gasteiger charge is -2.26. The Morgan fingerprint density at radius 3 is 2.82 bits per heavy atom. The molecule has 2 fully saturated rings. The number of ketones is 1. The van der Waals surface area contributed by atoms with Crippen LogP contribution in [0.2, 0.25) is 0 Å². The van der Waals surface area contributed by atoms with E-state index in [1.165, 1.54) is 0 Å². The van der Waals surface area contributed by atoms with E-state index in [0.717, 1.165) is 32.2 Å². The summed E-state index contributed by atoms with van der Waals surface area (Å²) in [5.74, 6) is 0.115. The van der Waals surface area contributed by atoms with Gasteiger partial charge in [-0.3, -0.25) is 14.3 Å². The summed E-state index contributed by atoms with van der Waals surface area (Å²) in [6, 6.07) is -0.000266. The number of rotatable bonds is 4. The van der Waals surface area contributed by atoms with Crippen molar-refractivity contribution in [2.24, 2.45) is 7.05 Å². The van der Waals surface area contributed by atoms with Crippen molar-refractivity contribution in [2.75, 3.05) is 6.54 Å². The Hall–Kier alpha value is -1.69. The summed E-state index contributed by atoms with van der Waals surface area (Å²) in [5, 5.41) is 4.03. The molecule has 120 valence electrons. The average molecular weight is 305 g/mol. The molecule has 0 aromatic carbocycles. The second-order valence-electron chi connectivity index (χ2n) is 6.37. The maximum absolute atomic E-state index is 12.6. The fraction of sp³-hybridized carbons (Fsp3) is 0.688. The fourth-order valence-corrected chi connectivity index (χ4v) is 3.40. The summed E-state index contributed by atoms with van der Waals surface area (Å²) in [4.78, 5) is 26.8. The third kappa shape index (κ3) is 3.06. The number of aromatic nitrogens is 2. The number of amides is 1. The molecule has 0 bridgehead atoms. The van der Waals surface area contributed by atoms with Crippen LogP contribution in [-0.4, -0.2) is 51.2 Å². The van der Waals surface area contributed by atoms with Crippen molar-refractivity contribution >= 4 is 11.7 Å². The standard InChI is InChI=1S/C16H23N3O3/c1-11-5-6-15(22-11)16(21)19-7-3-4-13(19)8-14(20)12-9-17-18(2)10-12/h9-11,13,15H,3-8H2,1-2H3. The van der Waals surface area contributed by atoms with Crippen molar-refractivity contribution in [3.05, 3.63) is 18.0 Å². The molecule has 0 aliphatic carbocycles. The van der Waals surface area contributed by atoms with Crippen molar-refractivity contribution in [1.29, 1.82) is 0 Å². The Morgan fingerprint density at radius 2 is 2.18 bits per heavy atom. The van der Waals surface area contributed by atoms with Crippen LogP contribution in [0.3, 0.4) is 0 Å². The number of aryl methyl sites for hydroxylation is 1. The molecule has 1 aromatic rings. The van der Waals surface area contributed by atoms with Gasteiger partial charge in [0.05, 0.1) is 17.9 Å². The molecule has 2 saturated heterocycles. The van der Waals surface area contributed by atoms with Gasteiger partial charge in [0, 0.05) is 32.3 Å². The first-order chi connectivity index (χ1) is 10.5. The van der Waals surface area contributed by atoms with E-state index in [1.807, 2.05) is 11.8 Å². The molecule has 1 aromatic heterocycles. The average Bonchev–Trinajstić information content (AvgIpc) is 3.19. The van der Waals surface area contributed by atoms with Gasteiger partial charge in [0.25, 0.3) is 5.91 Å². The van der Waals surface area contributed by atoms with Crippen LogP contribution in [0.1, 0.15) is 49.4 Å². The lowest BCUT2D eigenvalue weighted by molar-refractivity contribution is -0.143. The van der Waals surface area contributed by atoms with E-state index in [9.17, 15) is 9.59 Å². The Morgan fingerprint density at radius 1 is 1.36 bits per heavy atom. The van der Waals surface area contributed by atoms with Gasteiger partial charge in [0.1, 0.15) is 6.10 Å². The largest absolute Gasteiger partial charge is 0.365 e. The summed E-state index contributed by atoms with van der Waals surface area (Å²) in [6.07, 6.45) is 7.11. The zero-order chi connectivity index (χ0) is 15.7. The number of Topliss-reactive ketones (excluding diaryl/α,β-unsaturated/α-hetero) is 1. The normalized spacial score (nSPS) is 28.3. The van der Waals surface area contributed by atoms with Crippen molar-refractivity contribution in [1.82, 2.24) is 14.7 Å². The van der Waals surface area contributed by atoms with Crippen molar-refractivity contribution < 1.29 is 14.3 Å². The molecular weight excluding hydrogens is 282 g/mol. The van der Waals surface area contributed by atoms with Gasteiger partial charge in [-0.2, -0.15) is 5.10 Å². The van der Waals surface area contributed by atoms with Crippen molar-refractivity contribution in [3.8, 4) is 0 Å². The maximum atomic E-state index is 12.6. The van der Waals surface area contributed by atoms with Gasteiger partial charge in [-0.25, -0.2) is 0 Å². The van der Waals surface area contributed by atoms with Crippen molar-refractivity contribution in [3.63, 3.8) is 0 Å². The number of likely N-dealkylation sites (tertiary alicyclic amines) is 1. The van der Waals surface area contributed by atoms with Crippen molar-refractivity contribution in [2.45, 2.75) is 57.3 Å². The number of ether oxygens (including phenoxy) is 1. The van der Waals surface area contributed by atoms with E-state index in [-0.39, 0.29) is 29.9 Å². The van der Waals surface area contributed by atoms with Crippen LogP contribution in [0.25, 0.3) is 0 Å². The van der Waals surface area contributed by atoms with Gasteiger partial charge >= 0.3 is 0 Å². The van der Waals surface area contributed by atoms with Crippen LogP contribution in [-0.2, 0) is 16.6 Å². The number of carbonyl (C=O) groups is 2. The second-order valence-corrected chi connectivity index (χ2v) is 6.37. The van der Waals surface area contributed by atoms with E-state index in [4.69, 9.17) is 4.74 Å². The molecule has 6 nitrogen and oxygen atoms in total. The maximum Gasteiger partial charge on any atom is 0.251 e. The number of hydrogen-bond acceptors (Lipinski definition) is 4. The zero-order valence-electron chi connectivity index (χ0n) is 13.2. The van der Waals surface area contributed by atoms with Gasteiger partial charge in [0.15, 0.2) is 5.78 Å². The third-order valence-corrected chi connectivity index (χ3v) is 4.62. The Balaban J connectivity index is 1.63. The highest BCUT2D eigenvalue weighted by molar-refractivity contribution is 5.96. The molecule has 3 atom stereocenters. The van der Waals surface area contributed by atoms with Gasteiger partial charge in [-0.15, -0.1) is 0 Å². The molecule has 3 heterocycles.